The zero-order valence-corrected chi connectivity index (χ0v) is 15.1. The van der Waals surface area contributed by atoms with Gasteiger partial charge >= 0.3 is 0 Å². The van der Waals surface area contributed by atoms with Gasteiger partial charge in [0.1, 0.15) is 24.8 Å². The highest BCUT2D eigenvalue weighted by Gasteiger charge is 2.33. The Morgan fingerprint density at radius 3 is 2.77 bits per heavy atom. The first-order chi connectivity index (χ1) is 12.7. The fourth-order valence-electron chi connectivity index (χ4n) is 3.56. The molecule has 0 unspecified atom stereocenters. The van der Waals surface area contributed by atoms with Gasteiger partial charge in [-0.05, 0) is 12.5 Å². The summed E-state index contributed by atoms with van der Waals surface area (Å²) >= 11 is 0. The molecule has 26 heavy (non-hydrogen) atoms. The number of anilines is 1. The highest BCUT2D eigenvalue weighted by molar-refractivity contribution is 5.94. The monoisotopic (exact) mass is 357 g/mol. The molecule has 2 aliphatic heterocycles. The molecule has 0 saturated heterocycles. The Morgan fingerprint density at radius 1 is 1.27 bits per heavy atom. The van der Waals surface area contributed by atoms with Gasteiger partial charge in [0.2, 0.25) is 5.91 Å². The Balaban J connectivity index is 1.77. The molecule has 2 aromatic rings. The molecule has 4 rings (SSSR count). The smallest absolute Gasteiger partial charge is 0.226 e. The zero-order valence-electron chi connectivity index (χ0n) is 15.1. The number of methoxy groups -OCH3 is 1. The third kappa shape index (κ3) is 2.87. The molecule has 138 valence electrons. The van der Waals surface area contributed by atoms with Crippen molar-refractivity contribution in [2.45, 2.75) is 38.6 Å². The second kappa shape index (κ2) is 6.90. The highest BCUT2D eigenvalue weighted by atomic mass is 16.6. The average Bonchev–Trinajstić information content (AvgIpc) is 3.07. The van der Waals surface area contributed by atoms with E-state index < -0.39 is 0 Å². The Hall–Kier alpha value is -2.70. The quantitative estimate of drug-likeness (QED) is 0.890. The molecule has 1 amide bonds. The summed E-state index contributed by atoms with van der Waals surface area (Å²) in [5.74, 6) is 2.71. The number of unbranched alkanes of at least 4 members (excludes halogenated alkanes) is 1. The predicted octanol–water partition coefficient (Wildman–Crippen LogP) is 2.94. The van der Waals surface area contributed by atoms with E-state index >= 15 is 0 Å². The lowest BCUT2D eigenvalue weighted by Crippen LogP contribution is -2.25. The van der Waals surface area contributed by atoms with Gasteiger partial charge in [-0.3, -0.25) is 4.79 Å². The number of ether oxygens (including phenoxy) is 3. The molecule has 7 nitrogen and oxygen atoms in total. The van der Waals surface area contributed by atoms with Crippen molar-refractivity contribution >= 4 is 11.7 Å². The van der Waals surface area contributed by atoms with E-state index in [1.807, 2.05) is 23.0 Å². The molecule has 1 atom stereocenters. The minimum atomic E-state index is -0.125. The van der Waals surface area contributed by atoms with Gasteiger partial charge < -0.3 is 19.5 Å². The van der Waals surface area contributed by atoms with Crippen LogP contribution in [0.25, 0.3) is 0 Å². The highest BCUT2D eigenvalue weighted by Crippen LogP contribution is 2.45. The lowest BCUT2D eigenvalue weighted by Gasteiger charge is -2.27. The summed E-state index contributed by atoms with van der Waals surface area (Å²) < 4.78 is 18.8. The van der Waals surface area contributed by atoms with Crippen LogP contribution in [-0.2, 0) is 11.3 Å². The molecule has 0 radical (unpaired) electrons. The molecule has 3 heterocycles. The maximum Gasteiger partial charge on any atom is 0.226 e. The fraction of sp³-hybridized carbons (Fsp3) is 0.474. The number of carbonyl (C=O) groups excluding carboxylic acids is 1. The summed E-state index contributed by atoms with van der Waals surface area (Å²) in [4.78, 5) is 12.4. The van der Waals surface area contributed by atoms with Gasteiger partial charge in [-0.2, -0.15) is 5.10 Å². The number of aromatic nitrogens is 2. The number of rotatable bonds is 5. The van der Waals surface area contributed by atoms with E-state index in [0.29, 0.717) is 36.9 Å². The van der Waals surface area contributed by atoms with Gasteiger partial charge in [-0.25, -0.2) is 4.68 Å². The first-order valence-electron chi connectivity index (χ1n) is 9.04. The van der Waals surface area contributed by atoms with Crippen molar-refractivity contribution in [2.24, 2.45) is 0 Å². The normalized spacial score (nSPS) is 18.2. The van der Waals surface area contributed by atoms with Gasteiger partial charge in [-0.1, -0.05) is 13.3 Å². The predicted molar refractivity (Wildman–Crippen MR) is 96.2 cm³/mol. The maximum absolute atomic E-state index is 12.4. The number of amides is 1. The topological polar surface area (TPSA) is 74.6 Å². The molecule has 0 bridgehead atoms. The van der Waals surface area contributed by atoms with Crippen molar-refractivity contribution in [2.75, 3.05) is 25.6 Å². The molecule has 1 aromatic heterocycles. The second-order valence-corrected chi connectivity index (χ2v) is 6.57. The van der Waals surface area contributed by atoms with E-state index in [9.17, 15) is 4.79 Å². The van der Waals surface area contributed by atoms with Gasteiger partial charge in [0.25, 0.3) is 0 Å². The molecule has 7 heteroatoms. The minimum Gasteiger partial charge on any atom is -0.496 e. The Morgan fingerprint density at radius 2 is 2.04 bits per heavy atom. The van der Waals surface area contributed by atoms with Crippen LogP contribution in [0.15, 0.2) is 18.3 Å². The van der Waals surface area contributed by atoms with Gasteiger partial charge in [0.15, 0.2) is 11.5 Å². The third-order valence-corrected chi connectivity index (χ3v) is 4.88. The molecular formula is C19H23N3O4. The molecule has 0 saturated carbocycles. The summed E-state index contributed by atoms with van der Waals surface area (Å²) in [5.41, 5.74) is 1.93. The molecule has 2 aliphatic rings. The summed E-state index contributed by atoms with van der Waals surface area (Å²) in [6, 6.07) is 3.78. The molecule has 0 spiro atoms. The van der Waals surface area contributed by atoms with Crippen LogP contribution < -0.4 is 19.5 Å². The number of nitrogens with zero attached hydrogens (tertiary/aromatic N) is 2. The Bertz CT molecular complexity index is 830. The number of hydrogen-bond donors (Lipinski definition) is 1. The van der Waals surface area contributed by atoms with Crippen LogP contribution in [0.1, 0.15) is 43.2 Å². The van der Waals surface area contributed by atoms with E-state index in [2.05, 4.69) is 17.3 Å². The minimum absolute atomic E-state index is 0.0160. The van der Waals surface area contributed by atoms with E-state index in [1.165, 1.54) is 0 Å². The number of benzene rings is 1. The lowest BCUT2D eigenvalue weighted by molar-refractivity contribution is -0.116. The first kappa shape index (κ1) is 16.8. The van der Waals surface area contributed by atoms with Gasteiger partial charge in [0, 0.05) is 36.1 Å². The molecular weight excluding hydrogens is 334 g/mol. The summed E-state index contributed by atoms with van der Waals surface area (Å²) in [6.45, 7) is 3.97. The zero-order chi connectivity index (χ0) is 18.1. The molecule has 0 fully saturated rings. The third-order valence-electron chi connectivity index (χ3n) is 4.88. The van der Waals surface area contributed by atoms with Crippen molar-refractivity contribution in [1.29, 1.82) is 0 Å². The molecule has 0 aliphatic carbocycles. The van der Waals surface area contributed by atoms with Gasteiger partial charge in [-0.15, -0.1) is 0 Å². The number of nitrogens with one attached hydrogen (secondary N) is 1. The van der Waals surface area contributed by atoms with Crippen molar-refractivity contribution in [1.82, 2.24) is 9.78 Å². The van der Waals surface area contributed by atoms with Crippen molar-refractivity contribution in [3.8, 4) is 17.2 Å². The van der Waals surface area contributed by atoms with Crippen LogP contribution in [-0.4, -0.2) is 36.0 Å². The summed E-state index contributed by atoms with van der Waals surface area (Å²) in [7, 11) is 1.63. The maximum atomic E-state index is 12.4. The first-order valence-corrected chi connectivity index (χ1v) is 9.04. The van der Waals surface area contributed by atoms with Gasteiger partial charge in [0.05, 0.1) is 13.3 Å². The molecule has 1 aromatic carbocycles. The van der Waals surface area contributed by atoms with E-state index in [4.69, 9.17) is 14.2 Å². The Labute approximate surface area is 152 Å². The van der Waals surface area contributed by atoms with Crippen LogP contribution in [0, 0.1) is 0 Å². The second-order valence-electron chi connectivity index (χ2n) is 6.57. The van der Waals surface area contributed by atoms with Crippen molar-refractivity contribution in [3.63, 3.8) is 0 Å². The number of hydrogen-bond acceptors (Lipinski definition) is 5. The van der Waals surface area contributed by atoms with Crippen LogP contribution >= 0.6 is 0 Å². The SMILES string of the molecule is CCCCn1ncc2c1NC(=O)C[C@H]2c1cc2c(cc1OC)OCCO2. The van der Waals surface area contributed by atoms with E-state index in [1.54, 1.807) is 7.11 Å². The number of aryl methyl sites for hydroxylation is 1. The number of fused-ring (bicyclic) bond motifs is 2. The van der Waals surface area contributed by atoms with Crippen LogP contribution in [0.3, 0.4) is 0 Å². The van der Waals surface area contributed by atoms with Crippen molar-refractivity contribution < 1.29 is 19.0 Å². The van der Waals surface area contributed by atoms with E-state index in [0.717, 1.165) is 36.3 Å². The Kier molecular flexibility index (Phi) is 4.44. The van der Waals surface area contributed by atoms with Crippen LogP contribution in [0.5, 0.6) is 17.2 Å². The average molecular weight is 357 g/mol. The van der Waals surface area contributed by atoms with Crippen LogP contribution in [0.4, 0.5) is 5.82 Å². The summed E-state index contributed by atoms with van der Waals surface area (Å²) in [5, 5.41) is 7.48. The summed E-state index contributed by atoms with van der Waals surface area (Å²) in [6.07, 6.45) is 4.29. The van der Waals surface area contributed by atoms with E-state index in [-0.39, 0.29) is 11.8 Å². The largest absolute Gasteiger partial charge is 0.496 e. The lowest BCUT2D eigenvalue weighted by atomic mass is 9.86. The number of carbonyl (C=O) groups is 1. The van der Waals surface area contributed by atoms with Crippen molar-refractivity contribution in [3.05, 3.63) is 29.5 Å². The molecule has 1 N–H and O–H groups in total. The van der Waals surface area contributed by atoms with Crippen LogP contribution in [0.2, 0.25) is 0 Å². The fourth-order valence-corrected chi connectivity index (χ4v) is 3.56. The standard InChI is InChI=1S/C19H23N3O4/c1-3-4-5-22-19-14(11-20-22)12(9-18(23)21-19)13-8-16-17(10-15(13)24-2)26-7-6-25-16/h8,10-12H,3-7,9H2,1-2H3,(H,21,23)/t12-/m0/s1.